The van der Waals surface area contributed by atoms with Gasteiger partial charge in [0.1, 0.15) is 5.82 Å². The summed E-state index contributed by atoms with van der Waals surface area (Å²) in [5.41, 5.74) is 0.100. The molecule has 0 aromatic carbocycles. The largest absolute Gasteiger partial charge is 0.453 e. The smallest absolute Gasteiger partial charge is 0.355 e. The number of nitrogens with zero attached hydrogens (tertiary/aromatic N) is 5. The number of hydrogen-bond donors (Lipinski definition) is 0. The van der Waals surface area contributed by atoms with Crippen LogP contribution in [0.3, 0.4) is 0 Å². The van der Waals surface area contributed by atoms with Gasteiger partial charge in [-0.2, -0.15) is 17.7 Å². The lowest BCUT2D eigenvalue weighted by molar-refractivity contribution is -0.146. The van der Waals surface area contributed by atoms with Crippen molar-refractivity contribution in [2.24, 2.45) is 0 Å². The Morgan fingerprint density at radius 3 is 2.52 bits per heavy atom. The first-order valence-corrected chi connectivity index (χ1v) is 6.99. The molecule has 2 aromatic rings. The Labute approximate surface area is 119 Å². The van der Waals surface area contributed by atoms with E-state index in [1.165, 1.54) is 12.5 Å². The first-order valence-electron chi connectivity index (χ1n) is 6.99. The van der Waals surface area contributed by atoms with Crippen molar-refractivity contribution in [2.75, 3.05) is 11.9 Å². The molecule has 0 unspecified atom stereocenters. The second-order valence-corrected chi connectivity index (χ2v) is 5.39. The Hall–Kier alpha value is -1.86. The van der Waals surface area contributed by atoms with E-state index >= 15 is 0 Å². The molecule has 1 fully saturated rings. The Balaban J connectivity index is 1.96. The highest BCUT2D eigenvalue weighted by Gasteiger charge is 2.37. The van der Waals surface area contributed by atoms with Gasteiger partial charge in [-0.15, -0.1) is 15.3 Å². The average molecular weight is 299 g/mol. The van der Waals surface area contributed by atoms with Crippen molar-refractivity contribution in [3.63, 3.8) is 0 Å². The SMILES string of the molecule is CN(c1ccc2nnc(C(F)(F)F)n2n1)C1CCCCC1. The molecule has 0 N–H and O–H groups in total. The van der Waals surface area contributed by atoms with Crippen molar-refractivity contribution in [1.29, 1.82) is 0 Å². The molecule has 1 aliphatic rings. The highest BCUT2D eigenvalue weighted by atomic mass is 19.4. The summed E-state index contributed by atoms with van der Waals surface area (Å²) in [5, 5.41) is 10.8. The number of alkyl halides is 3. The van der Waals surface area contributed by atoms with E-state index in [-0.39, 0.29) is 5.65 Å². The van der Waals surface area contributed by atoms with Crippen molar-refractivity contribution in [2.45, 2.75) is 44.3 Å². The highest BCUT2D eigenvalue weighted by molar-refractivity contribution is 5.46. The maximum Gasteiger partial charge on any atom is 0.453 e. The monoisotopic (exact) mass is 299 g/mol. The average Bonchev–Trinajstić information content (AvgIpc) is 2.90. The molecular formula is C13H16F3N5. The molecule has 0 bridgehead atoms. The quantitative estimate of drug-likeness (QED) is 0.855. The fourth-order valence-electron chi connectivity index (χ4n) is 2.80. The van der Waals surface area contributed by atoms with Gasteiger partial charge in [0.15, 0.2) is 5.65 Å². The molecule has 8 heteroatoms. The topological polar surface area (TPSA) is 46.3 Å². The van der Waals surface area contributed by atoms with E-state index in [1.807, 2.05) is 11.9 Å². The molecule has 1 aliphatic carbocycles. The van der Waals surface area contributed by atoms with Crippen molar-refractivity contribution in [3.8, 4) is 0 Å². The summed E-state index contributed by atoms with van der Waals surface area (Å²) in [5.74, 6) is -0.573. The van der Waals surface area contributed by atoms with Crippen LogP contribution in [0.25, 0.3) is 5.65 Å². The molecule has 1 saturated carbocycles. The van der Waals surface area contributed by atoms with E-state index in [9.17, 15) is 13.2 Å². The molecule has 3 rings (SSSR count). The van der Waals surface area contributed by atoms with Crippen LogP contribution in [0.2, 0.25) is 0 Å². The number of halogens is 3. The minimum Gasteiger partial charge on any atom is -0.355 e. The lowest BCUT2D eigenvalue weighted by Crippen LogP contribution is -2.34. The molecule has 0 aliphatic heterocycles. The minimum absolute atomic E-state index is 0.100. The zero-order chi connectivity index (χ0) is 15.0. The summed E-state index contributed by atoms with van der Waals surface area (Å²) in [6.45, 7) is 0. The summed E-state index contributed by atoms with van der Waals surface area (Å²) in [6, 6.07) is 3.54. The molecule has 2 heterocycles. The van der Waals surface area contributed by atoms with Crippen LogP contribution in [0.15, 0.2) is 12.1 Å². The van der Waals surface area contributed by atoms with Crippen LogP contribution in [0.4, 0.5) is 19.0 Å². The zero-order valence-corrected chi connectivity index (χ0v) is 11.6. The van der Waals surface area contributed by atoms with Crippen molar-refractivity contribution < 1.29 is 13.2 Å². The second kappa shape index (κ2) is 5.16. The van der Waals surface area contributed by atoms with Gasteiger partial charge in [-0.05, 0) is 25.0 Å². The molecule has 0 atom stereocenters. The van der Waals surface area contributed by atoms with Crippen LogP contribution in [0.5, 0.6) is 0 Å². The highest BCUT2D eigenvalue weighted by Crippen LogP contribution is 2.29. The molecule has 0 radical (unpaired) electrons. The van der Waals surface area contributed by atoms with Crippen molar-refractivity contribution in [3.05, 3.63) is 18.0 Å². The number of rotatable bonds is 2. The van der Waals surface area contributed by atoms with Gasteiger partial charge in [0.2, 0.25) is 0 Å². The maximum atomic E-state index is 12.9. The number of fused-ring (bicyclic) bond motifs is 1. The molecule has 114 valence electrons. The summed E-state index contributed by atoms with van der Waals surface area (Å²) >= 11 is 0. The first kappa shape index (κ1) is 14.1. The molecule has 2 aromatic heterocycles. The maximum absolute atomic E-state index is 12.9. The third kappa shape index (κ3) is 2.66. The normalized spacial score (nSPS) is 17.3. The van der Waals surface area contributed by atoms with Crippen LogP contribution in [-0.2, 0) is 6.18 Å². The fourth-order valence-corrected chi connectivity index (χ4v) is 2.80. The van der Waals surface area contributed by atoms with Gasteiger partial charge in [-0.1, -0.05) is 19.3 Å². The van der Waals surface area contributed by atoms with Crippen LogP contribution in [0, 0.1) is 0 Å². The minimum atomic E-state index is -4.56. The van der Waals surface area contributed by atoms with Crippen LogP contribution in [0.1, 0.15) is 37.9 Å². The molecule has 0 spiro atoms. The van der Waals surface area contributed by atoms with Crippen molar-refractivity contribution in [1.82, 2.24) is 19.8 Å². The summed E-state index contributed by atoms with van der Waals surface area (Å²) in [6.07, 6.45) is 1.05. The molecule has 5 nitrogen and oxygen atoms in total. The van der Waals surface area contributed by atoms with Gasteiger partial charge >= 0.3 is 6.18 Å². The Kier molecular flexibility index (Phi) is 3.46. The number of anilines is 1. The number of hydrogen-bond acceptors (Lipinski definition) is 4. The summed E-state index contributed by atoms with van der Waals surface area (Å²) < 4.78 is 39.4. The Morgan fingerprint density at radius 2 is 1.86 bits per heavy atom. The van der Waals surface area contributed by atoms with Crippen LogP contribution < -0.4 is 4.90 Å². The van der Waals surface area contributed by atoms with Gasteiger partial charge in [0.05, 0.1) is 0 Å². The van der Waals surface area contributed by atoms with Gasteiger partial charge in [0.25, 0.3) is 5.82 Å². The fraction of sp³-hybridized carbons (Fsp3) is 0.615. The van der Waals surface area contributed by atoms with E-state index in [0.717, 1.165) is 30.2 Å². The lowest BCUT2D eigenvalue weighted by atomic mass is 9.94. The summed E-state index contributed by atoms with van der Waals surface area (Å²) in [4.78, 5) is 1.96. The van der Waals surface area contributed by atoms with E-state index in [4.69, 9.17) is 0 Å². The van der Waals surface area contributed by atoms with Gasteiger partial charge < -0.3 is 4.90 Å². The zero-order valence-electron chi connectivity index (χ0n) is 11.6. The third-order valence-corrected chi connectivity index (χ3v) is 3.99. The molecule has 0 amide bonds. The van der Waals surface area contributed by atoms with Crippen molar-refractivity contribution >= 4 is 11.5 Å². The van der Waals surface area contributed by atoms with Crippen LogP contribution in [-0.4, -0.2) is 32.9 Å². The Bertz CT molecular complexity index is 630. The predicted molar refractivity (Wildman–Crippen MR) is 71.1 cm³/mol. The summed E-state index contributed by atoms with van der Waals surface area (Å²) in [7, 11) is 1.88. The van der Waals surface area contributed by atoms with E-state index in [1.54, 1.807) is 6.07 Å². The molecule has 21 heavy (non-hydrogen) atoms. The molecular weight excluding hydrogens is 283 g/mol. The second-order valence-electron chi connectivity index (χ2n) is 5.39. The van der Waals surface area contributed by atoms with Gasteiger partial charge in [-0.25, -0.2) is 0 Å². The van der Waals surface area contributed by atoms with Gasteiger partial charge in [0, 0.05) is 13.1 Å². The van der Waals surface area contributed by atoms with E-state index < -0.39 is 12.0 Å². The predicted octanol–water partition coefficient (Wildman–Crippen LogP) is 2.91. The first-order chi connectivity index (χ1) is 9.97. The van der Waals surface area contributed by atoms with Gasteiger partial charge in [-0.3, -0.25) is 0 Å². The molecule has 0 saturated heterocycles. The third-order valence-electron chi connectivity index (χ3n) is 3.99. The standard InChI is InChI=1S/C13H16F3N5/c1-20(9-5-3-2-4-6-9)11-8-7-10-17-18-12(13(14,15)16)21(10)19-11/h7-9H,2-6H2,1H3. The van der Waals surface area contributed by atoms with E-state index in [0.29, 0.717) is 11.9 Å². The Morgan fingerprint density at radius 1 is 1.14 bits per heavy atom. The number of aromatic nitrogens is 4. The van der Waals surface area contributed by atoms with Crippen LogP contribution >= 0.6 is 0 Å². The van der Waals surface area contributed by atoms with E-state index in [2.05, 4.69) is 15.3 Å². The lowest BCUT2D eigenvalue weighted by Gasteiger charge is -2.31.